The van der Waals surface area contributed by atoms with Gasteiger partial charge >= 0.3 is 0 Å². The number of ketones is 1. The minimum absolute atomic E-state index is 0. The third-order valence-corrected chi connectivity index (χ3v) is 5.47. The molecule has 0 aliphatic carbocycles. The Hall–Kier alpha value is -4.52. The van der Waals surface area contributed by atoms with Crippen molar-refractivity contribution in [3.8, 4) is 34.3 Å². The maximum absolute atomic E-state index is 10.9. The number of benzene rings is 2. The lowest BCUT2D eigenvalue weighted by Crippen LogP contribution is -2.23. The molecule has 0 bridgehead atoms. The summed E-state index contributed by atoms with van der Waals surface area (Å²) in [6, 6.07) is 20.2. The molecule has 1 atom stereocenters. The molecule has 12 nitrogen and oxygen atoms in total. The zero-order valence-corrected chi connectivity index (χ0v) is 26.4. The average molecular weight is 615 g/mol. The molecule has 0 saturated carbocycles. The molecule has 0 fully saturated rings. The second-order valence-corrected chi connectivity index (χ2v) is 9.33. The van der Waals surface area contributed by atoms with Gasteiger partial charge in [-0.1, -0.05) is 68.1 Å². The summed E-state index contributed by atoms with van der Waals surface area (Å²) in [7, 11) is 4.80. The van der Waals surface area contributed by atoms with Crippen LogP contribution in [0.5, 0.6) is 11.8 Å². The Morgan fingerprint density at radius 1 is 0.818 bits per heavy atom. The van der Waals surface area contributed by atoms with Crippen molar-refractivity contribution < 1.29 is 29.3 Å². The van der Waals surface area contributed by atoms with E-state index in [-0.39, 0.29) is 32.0 Å². The number of hydrogen-bond acceptors (Lipinski definition) is 9. The van der Waals surface area contributed by atoms with Gasteiger partial charge in [-0.3, -0.25) is 19.0 Å². The van der Waals surface area contributed by atoms with Crippen LogP contribution >= 0.6 is 0 Å². The molecule has 4 aromatic rings. The molecule has 0 aliphatic heterocycles. The van der Waals surface area contributed by atoms with Crippen molar-refractivity contribution >= 4 is 11.8 Å². The lowest BCUT2D eigenvalue weighted by atomic mass is 10.1. The highest BCUT2D eigenvalue weighted by Gasteiger charge is 2.16. The number of carbonyl (C=O) groups excluding carboxylic acids is 1. The smallest absolute Gasteiger partial charge is 0.300 e. The Balaban J connectivity index is 0. The number of carbonyl (C=O) groups is 2. The van der Waals surface area contributed by atoms with Gasteiger partial charge in [0.2, 0.25) is 11.8 Å². The standard InChI is InChI=1S/C14H19N3O.C14H16N2O2.C2H4O2.CH4O.CH4.H3N/c1-10(15)9-18-14-11(2)13(17(3)16-14)12-7-5-4-6-8-12;1-10(17)9-18-14-11(2)13(16(3)15-14)12-7-5-4-6-8-12;1-2(3)4;1-2;;/h4-8,10H,9,15H2,1-3H3;4-8H,9H2,1-3H3;1H3,(H,3,4);2H,1H3;1H4;1H3. The molecule has 244 valence electrons. The highest BCUT2D eigenvalue weighted by Crippen LogP contribution is 2.30. The Bertz CT molecular complexity index is 1380. The van der Waals surface area contributed by atoms with Gasteiger partial charge in [-0.05, 0) is 27.7 Å². The second-order valence-electron chi connectivity index (χ2n) is 9.33. The molecule has 0 amide bonds. The molecule has 4 rings (SSSR count). The van der Waals surface area contributed by atoms with Crippen LogP contribution in [0.25, 0.3) is 22.5 Å². The minimum atomic E-state index is -0.833. The maximum atomic E-state index is 10.9. The van der Waals surface area contributed by atoms with Crippen LogP contribution in [0.15, 0.2) is 60.7 Å². The Morgan fingerprint density at radius 2 is 1.16 bits per heavy atom. The van der Waals surface area contributed by atoms with Gasteiger partial charge in [0.25, 0.3) is 5.97 Å². The van der Waals surface area contributed by atoms with E-state index in [0.717, 1.165) is 47.7 Å². The molecule has 2 aromatic carbocycles. The molecule has 44 heavy (non-hydrogen) atoms. The van der Waals surface area contributed by atoms with Crippen molar-refractivity contribution in [2.45, 2.75) is 48.1 Å². The number of nitrogens with zero attached hydrogens (tertiary/aromatic N) is 4. The molecule has 0 spiro atoms. The number of ether oxygens (including phenoxy) is 2. The van der Waals surface area contributed by atoms with Gasteiger partial charge in [0.15, 0.2) is 5.78 Å². The van der Waals surface area contributed by atoms with Gasteiger partial charge in [-0.25, -0.2) is 0 Å². The SMILES string of the molecule is C.CC(=O)COc1nn(C)c(-c2ccccc2)c1C.CC(=O)O.CO.Cc1c(OCC(C)N)nn(C)c1-c1ccccc1.N. The van der Waals surface area contributed by atoms with E-state index in [0.29, 0.717) is 18.4 Å². The van der Waals surface area contributed by atoms with Crippen LogP contribution in [0.1, 0.15) is 39.3 Å². The van der Waals surface area contributed by atoms with Crippen molar-refractivity contribution in [2.24, 2.45) is 19.8 Å². The van der Waals surface area contributed by atoms with E-state index in [1.165, 1.54) is 6.92 Å². The topological polar surface area (TPSA) is 190 Å². The van der Waals surface area contributed by atoms with Crippen molar-refractivity contribution in [1.82, 2.24) is 25.7 Å². The quantitative estimate of drug-likeness (QED) is 0.210. The summed E-state index contributed by atoms with van der Waals surface area (Å²) in [6.45, 7) is 9.00. The number of aryl methyl sites for hydroxylation is 2. The zero-order valence-electron chi connectivity index (χ0n) is 26.4. The van der Waals surface area contributed by atoms with Gasteiger partial charge in [-0.2, -0.15) is 0 Å². The summed E-state index contributed by atoms with van der Waals surface area (Å²) in [5.41, 5.74) is 12.0. The number of aliphatic hydroxyl groups is 1. The number of carboxylic acid groups (broad SMARTS) is 1. The van der Waals surface area contributed by atoms with E-state index in [1.54, 1.807) is 4.68 Å². The first-order chi connectivity index (χ1) is 19.9. The fourth-order valence-corrected chi connectivity index (χ4v) is 3.86. The number of Topliss-reactive ketones (excluding diaryl/α,β-unsaturated/α-hetero) is 1. The van der Waals surface area contributed by atoms with E-state index in [1.807, 2.05) is 88.1 Å². The fraction of sp³-hybridized carbons (Fsp3) is 0.375. The van der Waals surface area contributed by atoms with Crippen LogP contribution < -0.4 is 21.4 Å². The van der Waals surface area contributed by atoms with E-state index in [4.69, 9.17) is 30.2 Å². The number of aliphatic hydroxyl groups excluding tert-OH is 1. The average Bonchev–Trinajstić information content (AvgIpc) is 3.40. The normalized spacial score (nSPS) is 10.0. The first kappa shape index (κ1) is 41.6. The summed E-state index contributed by atoms with van der Waals surface area (Å²) in [6.07, 6.45) is 0. The minimum Gasteiger partial charge on any atom is -0.481 e. The van der Waals surface area contributed by atoms with Crippen molar-refractivity contribution in [2.75, 3.05) is 20.3 Å². The first-order valence-corrected chi connectivity index (χ1v) is 13.2. The number of hydrogen-bond donors (Lipinski definition) is 4. The highest BCUT2D eigenvalue weighted by molar-refractivity contribution is 5.77. The van der Waals surface area contributed by atoms with Crippen LogP contribution in [0, 0.1) is 13.8 Å². The van der Waals surface area contributed by atoms with Gasteiger partial charge in [0.1, 0.15) is 13.2 Å². The highest BCUT2D eigenvalue weighted by atomic mass is 16.5. The summed E-state index contributed by atoms with van der Waals surface area (Å²) in [5, 5.41) is 23.1. The Labute approximate surface area is 261 Å². The van der Waals surface area contributed by atoms with E-state index < -0.39 is 5.97 Å². The number of rotatable bonds is 8. The predicted molar refractivity (Wildman–Crippen MR) is 175 cm³/mol. The number of nitrogens with two attached hydrogens (primary N) is 1. The van der Waals surface area contributed by atoms with Crippen molar-refractivity contribution in [3.05, 3.63) is 71.8 Å². The zero-order chi connectivity index (χ0) is 31.8. The Morgan fingerprint density at radius 3 is 1.48 bits per heavy atom. The Kier molecular flexibility index (Phi) is 20.1. The molecule has 7 N–H and O–H groups in total. The number of aromatic nitrogens is 4. The van der Waals surface area contributed by atoms with Crippen molar-refractivity contribution in [3.63, 3.8) is 0 Å². The maximum Gasteiger partial charge on any atom is 0.300 e. The monoisotopic (exact) mass is 614 g/mol. The summed E-state index contributed by atoms with van der Waals surface area (Å²) in [4.78, 5) is 19.9. The van der Waals surface area contributed by atoms with Crippen molar-refractivity contribution in [1.29, 1.82) is 0 Å². The van der Waals surface area contributed by atoms with Gasteiger partial charge in [0, 0.05) is 56.4 Å². The molecule has 2 heterocycles. The molecule has 1 unspecified atom stereocenters. The molecule has 0 aliphatic rings. The largest absolute Gasteiger partial charge is 0.481 e. The molecular formula is C32H50N6O6. The van der Waals surface area contributed by atoms with Gasteiger partial charge in [-0.15, -0.1) is 10.2 Å². The van der Waals surface area contributed by atoms with E-state index in [2.05, 4.69) is 22.3 Å². The summed E-state index contributed by atoms with van der Waals surface area (Å²) >= 11 is 0. The molecule has 0 radical (unpaired) electrons. The van der Waals surface area contributed by atoms with Crippen LogP contribution in [-0.2, 0) is 23.7 Å². The molecular weight excluding hydrogens is 564 g/mol. The van der Waals surface area contributed by atoms with E-state index >= 15 is 0 Å². The van der Waals surface area contributed by atoms with Crippen LogP contribution in [-0.4, -0.2) is 67.9 Å². The van der Waals surface area contributed by atoms with E-state index in [9.17, 15) is 4.79 Å². The predicted octanol–water partition coefficient (Wildman–Crippen LogP) is 4.98. The molecule has 0 saturated heterocycles. The summed E-state index contributed by atoms with van der Waals surface area (Å²) < 4.78 is 14.7. The fourth-order valence-electron chi connectivity index (χ4n) is 3.86. The molecule has 12 heteroatoms. The van der Waals surface area contributed by atoms with Gasteiger partial charge in [0.05, 0.1) is 11.4 Å². The lowest BCUT2D eigenvalue weighted by molar-refractivity contribution is -0.134. The second kappa shape index (κ2) is 21.2. The summed E-state index contributed by atoms with van der Waals surface area (Å²) in [5.74, 6) is 0.335. The first-order valence-electron chi connectivity index (χ1n) is 13.2. The number of aliphatic carboxylic acids is 1. The van der Waals surface area contributed by atoms with Gasteiger partial charge < -0.3 is 31.6 Å². The van der Waals surface area contributed by atoms with Crippen LogP contribution in [0.3, 0.4) is 0 Å². The lowest BCUT2D eigenvalue weighted by Gasteiger charge is -2.06. The van der Waals surface area contributed by atoms with Crippen LogP contribution in [0.2, 0.25) is 0 Å². The third kappa shape index (κ3) is 13.2. The van der Waals surface area contributed by atoms with Crippen LogP contribution in [0.4, 0.5) is 0 Å². The number of carboxylic acids is 1. The molecule has 2 aromatic heterocycles. The third-order valence-electron chi connectivity index (χ3n) is 5.47.